The molecule has 3 atom stereocenters. The van der Waals surface area contributed by atoms with Crippen molar-refractivity contribution in [2.45, 2.75) is 13.0 Å². The van der Waals surface area contributed by atoms with Crippen molar-refractivity contribution in [2.75, 3.05) is 25.0 Å². The van der Waals surface area contributed by atoms with Crippen molar-refractivity contribution in [3.8, 4) is 0 Å². The summed E-state index contributed by atoms with van der Waals surface area (Å²) in [6.07, 6.45) is 0. The molecule has 2 aliphatic rings. The summed E-state index contributed by atoms with van der Waals surface area (Å²) in [4.78, 5) is 24.3. The minimum absolute atomic E-state index is 0.0168. The van der Waals surface area contributed by atoms with Crippen molar-refractivity contribution < 1.29 is 9.72 Å². The zero-order chi connectivity index (χ0) is 15.0. The molecule has 0 spiro atoms. The fourth-order valence-electron chi connectivity index (χ4n) is 3.30. The van der Waals surface area contributed by atoms with E-state index in [1.165, 1.54) is 12.1 Å². The summed E-state index contributed by atoms with van der Waals surface area (Å²) in [5.41, 5.74) is 0.594. The van der Waals surface area contributed by atoms with Gasteiger partial charge in [0.1, 0.15) is 0 Å². The van der Waals surface area contributed by atoms with Gasteiger partial charge in [-0.15, -0.1) is 0 Å². The molecular formula is C14H18N4O3. The van der Waals surface area contributed by atoms with Gasteiger partial charge in [-0.05, 0) is 30.9 Å². The summed E-state index contributed by atoms with van der Waals surface area (Å²) in [7, 11) is 0. The Balaban J connectivity index is 1.65. The first kappa shape index (κ1) is 13.8. The summed E-state index contributed by atoms with van der Waals surface area (Å²) >= 11 is 0. The first-order chi connectivity index (χ1) is 10.1. The first-order valence-electron chi connectivity index (χ1n) is 7.09. The topological polar surface area (TPSA) is 87.5 Å². The number of carbonyl (C=O) groups excluding carboxylic acids is 1. The number of hydrogen-bond donors (Lipinski definition) is 2. The van der Waals surface area contributed by atoms with Gasteiger partial charge in [0.05, 0.1) is 4.92 Å². The third kappa shape index (κ3) is 2.56. The Morgan fingerprint density at radius 3 is 2.71 bits per heavy atom. The number of non-ortho nitro benzene ring substituents is 1. The van der Waals surface area contributed by atoms with Gasteiger partial charge in [-0.1, -0.05) is 0 Å². The van der Waals surface area contributed by atoms with Crippen LogP contribution >= 0.6 is 0 Å². The Bertz CT molecular complexity index is 560. The summed E-state index contributed by atoms with van der Waals surface area (Å²) in [6.45, 7) is 4.77. The van der Waals surface area contributed by atoms with Crippen LogP contribution in [0, 0.1) is 22.0 Å². The number of fused-ring (bicyclic) bond motifs is 1. The van der Waals surface area contributed by atoms with E-state index >= 15 is 0 Å². The number of nitrogens with zero attached hydrogens (tertiary/aromatic N) is 2. The Kier molecular flexibility index (Phi) is 3.50. The van der Waals surface area contributed by atoms with E-state index in [2.05, 4.69) is 17.6 Å². The molecule has 1 aromatic carbocycles. The Hall–Kier alpha value is -2.15. The molecule has 21 heavy (non-hydrogen) atoms. The van der Waals surface area contributed by atoms with Gasteiger partial charge < -0.3 is 15.5 Å². The number of benzene rings is 1. The van der Waals surface area contributed by atoms with E-state index < -0.39 is 4.92 Å². The lowest BCUT2D eigenvalue weighted by atomic mass is 9.95. The number of hydrogen-bond acceptors (Lipinski definition) is 4. The molecule has 3 unspecified atom stereocenters. The molecule has 2 amide bonds. The lowest BCUT2D eigenvalue weighted by molar-refractivity contribution is -0.384. The van der Waals surface area contributed by atoms with E-state index in [4.69, 9.17) is 0 Å². The molecule has 0 saturated carbocycles. The van der Waals surface area contributed by atoms with Crippen molar-refractivity contribution in [3.05, 3.63) is 34.4 Å². The van der Waals surface area contributed by atoms with Gasteiger partial charge in [0, 0.05) is 43.5 Å². The predicted octanol–water partition coefficient (Wildman–Crippen LogP) is 1.67. The Labute approximate surface area is 122 Å². The average Bonchev–Trinajstić information content (AvgIpc) is 3.03. The van der Waals surface area contributed by atoms with Gasteiger partial charge in [0.2, 0.25) is 0 Å². The van der Waals surface area contributed by atoms with Crippen LogP contribution in [0.5, 0.6) is 0 Å². The van der Waals surface area contributed by atoms with Crippen LogP contribution in [0.2, 0.25) is 0 Å². The molecule has 7 heteroatoms. The van der Waals surface area contributed by atoms with Gasteiger partial charge in [-0.2, -0.15) is 0 Å². The van der Waals surface area contributed by atoms with Crippen LogP contribution in [0.1, 0.15) is 6.92 Å². The number of nitro benzene ring substituents is 1. The number of urea groups is 1. The fourth-order valence-corrected chi connectivity index (χ4v) is 3.30. The molecule has 2 N–H and O–H groups in total. The van der Waals surface area contributed by atoms with Crippen molar-refractivity contribution in [1.29, 1.82) is 0 Å². The van der Waals surface area contributed by atoms with Crippen LogP contribution < -0.4 is 10.6 Å². The minimum Gasteiger partial charge on any atom is -0.321 e. The zero-order valence-corrected chi connectivity index (χ0v) is 11.8. The molecule has 0 aliphatic carbocycles. The lowest BCUT2D eigenvalue weighted by Gasteiger charge is -2.24. The van der Waals surface area contributed by atoms with Crippen molar-refractivity contribution in [1.82, 2.24) is 10.2 Å². The second-order valence-corrected chi connectivity index (χ2v) is 5.71. The SMILES string of the molecule is CC1C2CNCC2CN1C(=O)Nc1ccc([N+](=O)[O-])cc1. The van der Waals surface area contributed by atoms with Gasteiger partial charge in [0.25, 0.3) is 5.69 Å². The van der Waals surface area contributed by atoms with Crippen molar-refractivity contribution >= 4 is 17.4 Å². The number of anilines is 1. The minimum atomic E-state index is -0.456. The van der Waals surface area contributed by atoms with Crippen LogP contribution in [0.15, 0.2) is 24.3 Å². The maximum absolute atomic E-state index is 12.3. The quantitative estimate of drug-likeness (QED) is 0.640. The van der Waals surface area contributed by atoms with Crippen LogP contribution in [0.4, 0.5) is 16.2 Å². The normalized spacial score (nSPS) is 27.5. The van der Waals surface area contributed by atoms with E-state index in [0.717, 1.165) is 19.6 Å². The Morgan fingerprint density at radius 2 is 2.10 bits per heavy atom. The number of amides is 2. The highest BCUT2D eigenvalue weighted by Gasteiger charge is 2.43. The summed E-state index contributed by atoms with van der Waals surface area (Å²) < 4.78 is 0. The van der Waals surface area contributed by atoms with E-state index in [0.29, 0.717) is 17.5 Å². The lowest BCUT2D eigenvalue weighted by Crippen LogP contribution is -2.40. The highest BCUT2D eigenvalue weighted by atomic mass is 16.6. The molecule has 2 fully saturated rings. The van der Waals surface area contributed by atoms with E-state index in [1.807, 2.05) is 4.90 Å². The number of rotatable bonds is 2. The van der Waals surface area contributed by atoms with Crippen molar-refractivity contribution in [3.63, 3.8) is 0 Å². The zero-order valence-electron chi connectivity index (χ0n) is 11.8. The van der Waals surface area contributed by atoms with Crippen LogP contribution in [0.25, 0.3) is 0 Å². The molecule has 112 valence electrons. The van der Waals surface area contributed by atoms with Crippen LogP contribution in [-0.4, -0.2) is 41.5 Å². The maximum Gasteiger partial charge on any atom is 0.322 e. The third-order valence-corrected chi connectivity index (χ3v) is 4.52. The smallest absolute Gasteiger partial charge is 0.321 e. The number of nitro groups is 1. The molecule has 1 aromatic rings. The van der Waals surface area contributed by atoms with Crippen LogP contribution in [-0.2, 0) is 0 Å². The van der Waals surface area contributed by atoms with Gasteiger partial charge in [0.15, 0.2) is 0 Å². The predicted molar refractivity (Wildman–Crippen MR) is 78.1 cm³/mol. The Morgan fingerprint density at radius 1 is 1.38 bits per heavy atom. The van der Waals surface area contributed by atoms with Crippen molar-refractivity contribution in [2.24, 2.45) is 11.8 Å². The number of nitrogens with one attached hydrogen (secondary N) is 2. The molecule has 2 aliphatic heterocycles. The molecular weight excluding hydrogens is 272 g/mol. The highest BCUT2D eigenvalue weighted by Crippen LogP contribution is 2.32. The van der Waals surface area contributed by atoms with Crippen LogP contribution in [0.3, 0.4) is 0 Å². The molecule has 0 radical (unpaired) electrons. The third-order valence-electron chi connectivity index (χ3n) is 4.52. The fraction of sp³-hybridized carbons (Fsp3) is 0.500. The molecule has 0 aromatic heterocycles. The van der Waals surface area contributed by atoms with E-state index in [9.17, 15) is 14.9 Å². The maximum atomic E-state index is 12.3. The number of likely N-dealkylation sites (tertiary alicyclic amines) is 1. The molecule has 2 heterocycles. The second-order valence-electron chi connectivity index (χ2n) is 5.71. The van der Waals surface area contributed by atoms with E-state index in [1.54, 1.807) is 12.1 Å². The first-order valence-corrected chi connectivity index (χ1v) is 7.09. The molecule has 2 saturated heterocycles. The number of carbonyl (C=O) groups is 1. The molecule has 3 rings (SSSR count). The molecule has 0 bridgehead atoms. The highest BCUT2D eigenvalue weighted by molar-refractivity contribution is 5.89. The largest absolute Gasteiger partial charge is 0.322 e. The van der Waals surface area contributed by atoms with Gasteiger partial charge in [-0.25, -0.2) is 4.79 Å². The van der Waals surface area contributed by atoms with Gasteiger partial charge >= 0.3 is 6.03 Å². The summed E-state index contributed by atoms with van der Waals surface area (Å²) in [5.74, 6) is 1.05. The van der Waals surface area contributed by atoms with Gasteiger partial charge in [-0.3, -0.25) is 10.1 Å². The summed E-state index contributed by atoms with van der Waals surface area (Å²) in [6, 6.07) is 5.97. The summed E-state index contributed by atoms with van der Waals surface area (Å²) in [5, 5.41) is 16.8. The van der Waals surface area contributed by atoms with E-state index in [-0.39, 0.29) is 17.8 Å². The monoisotopic (exact) mass is 290 g/mol. The average molecular weight is 290 g/mol. The molecule has 7 nitrogen and oxygen atoms in total. The second kappa shape index (κ2) is 5.33. The standard InChI is InChI=1S/C14H18N4O3/c1-9-13-7-15-6-10(13)8-17(9)14(19)16-11-2-4-12(5-3-11)18(20)21/h2-5,9-10,13,15H,6-8H2,1H3,(H,16,19).